The Balaban J connectivity index is 4.45. The van der Waals surface area contributed by atoms with Gasteiger partial charge in [0.05, 0.1) is 5.25 Å². The van der Waals surface area contributed by atoms with Crippen molar-refractivity contribution in [3.05, 3.63) is 0 Å². The van der Waals surface area contributed by atoms with Crippen molar-refractivity contribution >= 4 is 30.4 Å². The fourth-order valence-electron chi connectivity index (χ4n) is 2.22. The molecule has 3 unspecified atom stereocenters. The second-order valence-electron chi connectivity index (χ2n) is 5.57. The molecule has 0 aromatic heterocycles. The Hall–Kier alpha value is -1.24. The second-order valence-corrected chi connectivity index (χ2v) is 6.20. The van der Waals surface area contributed by atoms with Crippen LogP contribution in [0, 0.1) is 5.92 Å². The van der Waals surface area contributed by atoms with Gasteiger partial charge in [-0.05, 0) is 18.8 Å². The summed E-state index contributed by atoms with van der Waals surface area (Å²) in [6.07, 6.45) is 4.75. The van der Waals surface area contributed by atoms with Crippen LogP contribution in [0.2, 0.25) is 0 Å². The van der Waals surface area contributed by atoms with Crippen LogP contribution in [0.25, 0.3) is 0 Å². The molecule has 0 aromatic carbocycles. The Labute approximate surface area is 137 Å². The van der Waals surface area contributed by atoms with E-state index in [1.54, 1.807) is 0 Å². The van der Waals surface area contributed by atoms with Crippen LogP contribution >= 0.6 is 12.6 Å². The molecule has 0 bridgehead atoms. The van der Waals surface area contributed by atoms with E-state index in [1.807, 2.05) is 0 Å². The van der Waals surface area contributed by atoms with Crippen LogP contribution in [-0.2, 0) is 14.4 Å². The summed E-state index contributed by atoms with van der Waals surface area (Å²) in [5.41, 5.74) is 5.00. The van der Waals surface area contributed by atoms with E-state index < -0.39 is 29.1 Å². The number of primary amides is 1. The molecule has 4 N–H and O–H groups in total. The van der Waals surface area contributed by atoms with E-state index in [-0.39, 0.29) is 12.8 Å². The summed E-state index contributed by atoms with van der Waals surface area (Å²) in [5, 5.41) is 11.0. The van der Waals surface area contributed by atoms with Gasteiger partial charge in [-0.15, -0.1) is 0 Å². The van der Waals surface area contributed by atoms with Gasteiger partial charge in [0.1, 0.15) is 6.04 Å². The normalized spacial score (nSPS) is 14.9. The average Bonchev–Trinajstić information content (AvgIpc) is 2.46. The molecule has 0 saturated heterocycles. The topological polar surface area (TPSA) is 109 Å². The lowest BCUT2D eigenvalue weighted by molar-refractivity contribution is -0.142. The number of amides is 2. The number of aliphatic carboxylic acids is 1. The number of carboxylic acids is 1. The minimum Gasteiger partial charge on any atom is -0.480 e. The van der Waals surface area contributed by atoms with Gasteiger partial charge in [-0.3, -0.25) is 9.59 Å². The number of thiol groups is 1. The molecule has 0 radical (unpaired) electrons. The summed E-state index contributed by atoms with van der Waals surface area (Å²) in [4.78, 5) is 33.9. The molecule has 2 amide bonds. The van der Waals surface area contributed by atoms with Crippen molar-refractivity contribution in [2.45, 2.75) is 70.1 Å². The number of nitrogens with one attached hydrogen (secondary N) is 1. The summed E-state index contributed by atoms with van der Waals surface area (Å²) < 4.78 is 0. The monoisotopic (exact) mass is 332 g/mol. The molecule has 7 heteroatoms. The third-order valence-corrected chi connectivity index (χ3v) is 4.14. The number of unbranched alkanes of at least 4 members (excludes halogenated alkanes) is 1. The number of hydrogen-bond acceptors (Lipinski definition) is 4. The Morgan fingerprint density at radius 3 is 2.32 bits per heavy atom. The van der Waals surface area contributed by atoms with E-state index in [1.165, 1.54) is 0 Å². The lowest BCUT2D eigenvalue weighted by Crippen LogP contribution is -2.45. The molecular weight excluding hydrogens is 304 g/mol. The van der Waals surface area contributed by atoms with Crippen molar-refractivity contribution < 1.29 is 19.5 Å². The van der Waals surface area contributed by atoms with E-state index >= 15 is 0 Å². The molecule has 0 heterocycles. The number of carboxylic acid groups (broad SMARTS) is 1. The van der Waals surface area contributed by atoms with Gasteiger partial charge in [-0.25, -0.2) is 4.79 Å². The van der Waals surface area contributed by atoms with Gasteiger partial charge in [0.25, 0.3) is 0 Å². The SMILES string of the molecule is CCCCC(CC)CC(S)C(=O)NC(CCC(N)=O)C(=O)O. The molecule has 6 nitrogen and oxygen atoms in total. The quantitative estimate of drug-likeness (QED) is 0.408. The average molecular weight is 332 g/mol. The molecular formula is C15H28N2O4S. The van der Waals surface area contributed by atoms with Crippen LogP contribution in [0.5, 0.6) is 0 Å². The molecule has 0 spiro atoms. The second kappa shape index (κ2) is 11.3. The van der Waals surface area contributed by atoms with Gasteiger partial charge in [-0.1, -0.05) is 39.5 Å². The van der Waals surface area contributed by atoms with Crippen molar-refractivity contribution in [1.29, 1.82) is 0 Å². The fraction of sp³-hybridized carbons (Fsp3) is 0.800. The fourth-order valence-corrected chi connectivity index (χ4v) is 2.59. The van der Waals surface area contributed by atoms with Crippen molar-refractivity contribution in [3.63, 3.8) is 0 Å². The molecule has 0 aliphatic heterocycles. The number of rotatable bonds is 12. The van der Waals surface area contributed by atoms with Crippen LogP contribution in [0.3, 0.4) is 0 Å². The third-order valence-electron chi connectivity index (χ3n) is 3.70. The molecule has 22 heavy (non-hydrogen) atoms. The lowest BCUT2D eigenvalue weighted by atomic mass is 9.94. The Morgan fingerprint density at radius 2 is 1.86 bits per heavy atom. The van der Waals surface area contributed by atoms with Crippen molar-refractivity contribution in [2.75, 3.05) is 0 Å². The standard InChI is InChI=1S/C15H28N2O4S/c1-3-5-6-10(4-2)9-12(22)14(19)17-11(15(20)21)7-8-13(16)18/h10-12,22H,3-9H2,1-2H3,(H2,16,18)(H,17,19)(H,20,21). The van der Waals surface area contributed by atoms with Gasteiger partial charge in [-0.2, -0.15) is 12.6 Å². The van der Waals surface area contributed by atoms with Crippen LogP contribution in [0.15, 0.2) is 0 Å². The molecule has 0 aliphatic carbocycles. The molecule has 0 fully saturated rings. The number of hydrogen-bond donors (Lipinski definition) is 4. The highest BCUT2D eigenvalue weighted by molar-refractivity contribution is 7.81. The van der Waals surface area contributed by atoms with Crippen molar-refractivity contribution in [2.24, 2.45) is 11.7 Å². The number of carbonyl (C=O) groups is 3. The van der Waals surface area contributed by atoms with Gasteiger partial charge >= 0.3 is 5.97 Å². The summed E-state index contributed by atoms with van der Waals surface area (Å²) in [7, 11) is 0. The zero-order chi connectivity index (χ0) is 17.1. The summed E-state index contributed by atoms with van der Waals surface area (Å²) in [5.74, 6) is -1.76. The molecule has 3 atom stereocenters. The molecule has 128 valence electrons. The first-order chi connectivity index (χ1) is 10.3. The van der Waals surface area contributed by atoms with E-state index in [0.29, 0.717) is 12.3 Å². The van der Waals surface area contributed by atoms with Gasteiger partial charge < -0.3 is 16.2 Å². The number of nitrogens with two attached hydrogens (primary N) is 1. The Morgan fingerprint density at radius 1 is 1.23 bits per heavy atom. The third kappa shape index (κ3) is 8.92. The highest BCUT2D eigenvalue weighted by atomic mass is 32.1. The van der Waals surface area contributed by atoms with Gasteiger partial charge in [0.2, 0.25) is 11.8 Å². The van der Waals surface area contributed by atoms with Gasteiger partial charge in [0, 0.05) is 6.42 Å². The Bertz CT molecular complexity index is 377. The largest absolute Gasteiger partial charge is 0.480 e. The maximum atomic E-state index is 12.1. The summed E-state index contributed by atoms with van der Waals surface area (Å²) in [6.45, 7) is 4.19. The first-order valence-electron chi connectivity index (χ1n) is 7.81. The van der Waals surface area contributed by atoms with Crippen LogP contribution in [0.1, 0.15) is 58.8 Å². The van der Waals surface area contributed by atoms with Crippen LogP contribution in [-0.4, -0.2) is 34.2 Å². The van der Waals surface area contributed by atoms with E-state index in [9.17, 15) is 14.4 Å². The van der Waals surface area contributed by atoms with Crippen LogP contribution < -0.4 is 11.1 Å². The Kier molecular flexibility index (Phi) is 10.7. The van der Waals surface area contributed by atoms with E-state index in [4.69, 9.17) is 10.8 Å². The van der Waals surface area contributed by atoms with E-state index in [2.05, 4.69) is 31.8 Å². The van der Waals surface area contributed by atoms with E-state index in [0.717, 1.165) is 25.7 Å². The molecule has 0 aromatic rings. The lowest BCUT2D eigenvalue weighted by Gasteiger charge is -2.21. The van der Waals surface area contributed by atoms with Crippen LogP contribution in [0.4, 0.5) is 0 Å². The highest BCUT2D eigenvalue weighted by Gasteiger charge is 2.25. The van der Waals surface area contributed by atoms with Crippen molar-refractivity contribution in [1.82, 2.24) is 5.32 Å². The minimum absolute atomic E-state index is 0.00997. The smallest absolute Gasteiger partial charge is 0.326 e. The number of carbonyl (C=O) groups excluding carboxylic acids is 2. The maximum Gasteiger partial charge on any atom is 0.326 e. The first-order valence-corrected chi connectivity index (χ1v) is 8.32. The predicted octanol–water partition coefficient (Wildman–Crippen LogP) is 1.73. The minimum atomic E-state index is -1.17. The zero-order valence-electron chi connectivity index (χ0n) is 13.4. The maximum absolute atomic E-state index is 12.1. The molecule has 0 saturated carbocycles. The first kappa shape index (κ1) is 20.8. The summed E-state index contributed by atoms with van der Waals surface area (Å²) >= 11 is 4.30. The van der Waals surface area contributed by atoms with Crippen molar-refractivity contribution in [3.8, 4) is 0 Å². The zero-order valence-corrected chi connectivity index (χ0v) is 14.3. The highest BCUT2D eigenvalue weighted by Crippen LogP contribution is 2.21. The molecule has 0 aliphatic rings. The van der Waals surface area contributed by atoms with Gasteiger partial charge in [0.15, 0.2) is 0 Å². The predicted molar refractivity (Wildman–Crippen MR) is 88.7 cm³/mol. The molecule has 0 rings (SSSR count). The summed E-state index contributed by atoms with van der Waals surface area (Å²) in [6, 6.07) is -1.11.